The molecule has 0 unspecified atom stereocenters. The number of ether oxygens (including phenoxy) is 1. The van der Waals surface area contributed by atoms with Gasteiger partial charge in [0.2, 0.25) is 0 Å². The molecule has 6 nitrogen and oxygen atoms in total. The fourth-order valence-electron chi connectivity index (χ4n) is 4.18. The monoisotopic (exact) mass is 464 g/mol. The maximum absolute atomic E-state index is 12.9. The highest BCUT2D eigenvalue weighted by atomic mass is 32.2. The highest BCUT2D eigenvalue weighted by Gasteiger charge is 2.34. The summed E-state index contributed by atoms with van der Waals surface area (Å²) in [6.07, 6.45) is 1.69. The normalized spacial score (nSPS) is 15.5. The van der Waals surface area contributed by atoms with E-state index < -0.39 is 10.0 Å². The quantitative estimate of drug-likeness (QED) is 0.574. The molecule has 4 rings (SSSR count). The van der Waals surface area contributed by atoms with E-state index in [1.807, 2.05) is 18.2 Å². The largest absolute Gasteiger partial charge is 0.381 e. The molecule has 0 spiro atoms. The van der Waals surface area contributed by atoms with Crippen LogP contribution in [0.4, 0.5) is 5.69 Å². The molecule has 33 heavy (non-hydrogen) atoms. The molecule has 0 atom stereocenters. The number of rotatable bonds is 7. The maximum Gasteiger partial charge on any atom is 0.264 e. The molecule has 0 saturated carbocycles. The molecule has 0 radical (unpaired) electrons. The summed E-state index contributed by atoms with van der Waals surface area (Å²) >= 11 is 0. The Hall–Kier alpha value is -3.16. The minimum Gasteiger partial charge on any atom is -0.381 e. The molecule has 0 aliphatic carbocycles. The van der Waals surface area contributed by atoms with Crippen LogP contribution >= 0.6 is 0 Å². The van der Waals surface area contributed by atoms with E-state index >= 15 is 0 Å². The van der Waals surface area contributed by atoms with E-state index in [1.165, 1.54) is 16.9 Å². The summed E-state index contributed by atoms with van der Waals surface area (Å²) in [6.45, 7) is 1.85. The molecule has 1 fully saturated rings. The van der Waals surface area contributed by atoms with Crippen LogP contribution in [-0.2, 0) is 20.2 Å². The number of hydrogen-bond acceptors (Lipinski definition) is 4. The van der Waals surface area contributed by atoms with E-state index in [2.05, 4.69) is 17.4 Å². The summed E-state index contributed by atoms with van der Waals surface area (Å²) in [6, 6.07) is 25.1. The van der Waals surface area contributed by atoms with Crippen molar-refractivity contribution < 1.29 is 17.9 Å². The van der Waals surface area contributed by atoms with Crippen LogP contribution in [-0.4, -0.2) is 41.1 Å². The van der Waals surface area contributed by atoms with E-state index in [0.29, 0.717) is 31.0 Å². The van der Waals surface area contributed by atoms with Gasteiger partial charge in [0.25, 0.3) is 15.9 Å². The lowest BCUT2D eigenvalue weighted by molar-refractivity contribution is 0.0487. The number of nitrogens with zero attached hydrogens (tertiary/aromatic N) is 1. The van der Waals surface area contributed by atoms with Crippen LogP contribution in [0.25, 0.3) is 0 Å². The van der Waals surface area contributed by atoms with E-state index in [9.17, 15) is 13.2 Å². The number of sulfonamides is 1. The molecule has 1 aliphatic heterocycles. The molecule has 3 aromatic carbocycles. The van der Waals surface area contributed by atoms with Crippen molar-refractivity contribution in [2.24, 2.45) is 0 Å². The highest BCUT2D eigenvalue weighted by Crippen LogP contribution is 2.34. The van der Waals surface area contributed by atoms with E-state index in [1.54, 1.807) is 54.6 Å². The third-order valence-electron chi connectivity index (χ3n) is 6.32. The van der Waals surface area contributed by atoms with Crippen LogP contribution in [0.15, 0.2) is 89.8 Å². The van der Waals surface area contributed by atoms with Crippen LogP contribution in [0.1, 0.15) is 28.8 Å². The predicted molar refractivity (Wildman–Crippen MR) is 129 cm³/mol. The van der Waals surface area contributed by atoms with Crippen molar-refractivity contribution in [2.75, 3.05) is 31.1 Å². The zero-order chi connectivity index (χ0) is 23.3. The van der Waals surface area contributed by atoms with Gasteiger partial charge in [-0.05, 0) is 54.8 Å². The van der Waals surface area contributed by atoms with Crippen molar-refractivity contribution in [3.05, 3.63) is 96.1 Å². The molecule has 7 heteroatoms. The maximum atomic E-state index is 12.9. The predicted octanol–water partition coefficient (Wildman–Crippen LogP) is 3.99. The average molecular weight is 465 g/mol. The lowest BCUT2D eigenvalue weighted by atomic mass is 9.74. The zero-order valence-electron chi connectivity index (χ0n) is 18.6. The molecule has 0 bridgehead atoms. The number of hydrogen-bond donors (Lipinski definition) is 1. The zero-order valence-corrected chi connectivity index (χ0v) is 19.4. The standard InChI is InChI=1S/C26H28N2O4S/c1-28(33(30,31)24-10-6-3-7-11-24)23-14-12-21(13-15-23)25(29)27-20-26(16-18-32-19-17-26)22-8-4-2-5-9-22/h2-15H,16-20H2,1H3,(H,27,29). The van der Waals surface area contributed by atoms with Crippen LogP contribution in [0, 0.1) is 0 Å². The smallest absolute Gasteiger partial charge is 0.264 e. The van der Waals surface area contributed by atoms with Crippen molar-refractivity contribution in [3.8, 4) is 0 Å². The number of carbonyl (C=O) groups is 1. The van der Waals surface area contributed by atoms with Gasteiger partial charge in [0.15, 0.2) is 0 Å². The van der Waals surface area contributed by atoms with Gasteiger partial charge in [0.05, 0.1) is 10.6 Å². The molecule has 1 amide bonds. The Bertz CT molecular complexity index is 1170. The van der Waals surface area contributed by atoms with Crippen molar-refractivity contribution in [2.45, 2.75) is 23.2 Å². The van der Waals surface area contributed by atoms with E-state index in [-0.39, 0.29) is 16.2 Å². The first-order chi connectivity index (χ1) is 15.9. The summed E-state index contributed by atoms with van der Waals surface area (Å²) in [4.78, 5) is 13.1. The van der Waals surface area contributed by atoms with Crippen molar-refractivity contribution in [1.82, 2.24) is 5.32 Å². The molecule has 1 N–H and O–H groups in total. The summed E-state index contributed by atoms with van der Waals surface area (Å²) in [5, 5.41) is 3.09. The second kappa shape index (κ2) is 9.77. The number of anilines is 1. The first-order valence-corrected chi connectivity index (χ1v) is 12.4. The second-order valence-corrected chi connectivity index (χ2v) is 10.2. The summed E-state index contributed by atoms with van der Waals surface area (Å²) < 4.78 is 32.5. The Kier molecular flexibility index (Phi) is 6.81. The van der Waals surface area contributed by atoms with Crippen LogP contribution in [0.2, 0.25) is 0 Å². The third kappa shape index (κ3) is 4.94. The topological polar surface area (TPSA) is 75.7 Å². The van der Waals surface area contributed by atoms with Crippen molar-refractivity contribution in [1.29, 1.82) is 0 Å². The molecule has 1 aliphatic rings. The number of amides is 1. The summed E-state index contributed by atoms with van der Waals surface area (Å²) in [5.74, 6) is -0.183. The molecular weight excluding hydrogens is 436 g/mol. The Morgan fingerprint density at radius 1 is 0.909 bits per heavy atom. The minimum atomic E-state index is -3.67. The summed E-state index contributed by atoms with van der Waals surface area (Å²) in [7, 11) is -2.16. The molecular formula is C26H28N2O4S. The number of nitrogens with one attached hydrogen (secondary N) is 1. The van der Waals surface area contributed by atoms with E-state index in [4.69, 9.17) is 4.74 Å². The number of benzene rings is 3. The van der Waals surface area contributed by atoms with E-state index in [0.717, 1.165) is 12.8 Å². The second-order valence-electron chi connectivity index (χ2n) is 8.27. The first-order valence-electron chi connectivity index (χ1n) is 11.0. The van der Waals surface area contributed by atoms with Gasteiger partial charge in [-0.25, -0.2) is 8.42 Å². The van der Waals surface area contributed by atoms with Gasteiger partial charge in [-0.2, -0.15) is 0 Å². The van der Waals surface area contributed by atoms with Gasteiger partial charge in [0, 0.05) is 37.8 Å². The molecule has 172 valence electrons. The lowest BCUT2D eigenvalue weighted by Crippen LogP contribution is -2.44. The fraction of sp³-hybridized carbons (Fsp3) is 0.269. The Balaban J connectivity index is 1.46. The van der Waals surface area contributed by atoms with Crippen LogP contribution in [0.5, 0.6) is 0 Å². The average Bonchev–Trinajstić information content (AvgIpc) is 2.88. The van der Waals surface area contributed by atoms with Gasteiger partial charge in [-0.1, -0.05) is 48.5 Å². The van der Waals surface area contributed by atoms with Crippen molar-refractivity contribution in [3.63, 3.8) is 0 Å². The summed E-state index contributed by atoms with van der Waals surface area (Å²) in [5.41, 5.74) is 2.02. The lowest BCUT2D eigenvalue weighted by Gasteiger charge is -2.38. The van der Waals surface area contributed by atoms with Crippen LogP contribution in [0.3, 0.4) is 0 Å². The van der Waals surface area contributed by atoms with Gasteiger partial charge < -0.3 is 10.1 Å². The van der Waals surface area contributed by atoms with Gasteiger partial charge in [0.1, 0.15) is 0 Å². The third-order valence-corrected chi connectivity index (χ3v) is 8.12. The number of carbonyl (C=O) groups excluding carboxylic acids is 1. The Morgan fingerprint density at radius 3 is 2.09 bits per heavy atom. The Morgan fingerprint density at radius 2 is 1.48 bits per heavy atom. The molecule has 3 aromatic rings. The Labute approximate surface area is 195 Å². The highest BCUT2D eigenvalue weighted by molar-refractivity contribution is 7.92. The first kappa shape index (κ1) is 23.0. The molecule has 1 heterocycles. The van der Waals surface area contributed by atoms with Gasteiger partial charge >= 0.3 is 0 Å². The van der Waals surface area contributed by atoms with Gasteiger partial charge in [-0.15, -0.1) is 0 Å². The van der Waals surface area contributed by atoms with Gasteiger partial charge in [-0.3, -0.25) is 9.10 Å². The van der Waals surface area contributed by atoms with Crippen molar-refractivity contribution >= 4 is 21.6 Å². The van der Waals surface area contributed by atoms with Crippen LogP contribution < -0.4 is 9.62 Å². The molecule has 1 saturated heterocycles. The minimum absolute atomic E-state index is 0.154. The fourth-order valence-corrected chi connectivity index (χ4v) is 5.40. The SMILES string of the molecule is CN(c1ccc(C(=O)NCC2(c3ccccc3)CCOCC2)cc1)S(=O)(=O)c1ccccc1. The molecule has 0 aromatic heterocycles.